The standard InChI is InChI=1S/C17H10Cl2FN3O2/c18-11-2-1-3-12(20)15(11)16(24)9-6-13(22-8-9)17(25)23-10-4-5-21-14(19)7-10/h1-8,22H,(H,21,23,25). The Morgan fingerprint density at radius 2 is 1.96 bits per heavy atom. The van der Waals surface area contributed by atoms with Crippen LogP contribution in [-0.2, 0) is 0 Å². The van der Waals surface area contributed by atoms with Crippen molar-refractivity contribution in [2.24, 2.45) is 0 Å². The predicted molar refractivity (Wildman–Crippen MR) is 92.8 cm³/mol. The number of nitrogens with one attached hydrogen (secondary N) is 2. The molecule has 2 N–H and O–H groups in total. The minimum atomic E-state index is -0.726. The summed E-state index contributed by atoms with van der Waals surface area (Å²) in [5.74, 6) is -1.83. The number of ketones is 1. The van der Waals surface area contributed by atoms with Gasteiger partial charge in [-0.1, -0.05) is 29.3 Å². The quantitative estimate of drug-likeness (QED) is 0.524. The summed E-state index contributed by atoms with van der Waals surface area (Å²) in [6.45, 7) is 0. The zero-order valence-corrected chi connectivity index (χ0v) is 14.0. The van der Waals surface area contributed by atoms with Crippen LogP contribution >= 0.6 is 23.2 Å². The SMILES string of the molecule is O=C(Nc1ccnc(Cl)c1)c1cc(C(=O)c2c(F)cccc2Cl)c[nH]1. The number of carbonyl (C=O) groups excluding carboxylic acids is 2. The smallest absolute Gasteiger partial charge is 0.272 e. The maximum atomic E-state index is 13.9. The molecule has 0 bridgehead atoms. The van der Waals surface area contributed by atoms with Gasteiger partial charge in [0.15, 0.2) is 5.78 Å². The van der Waals surface area contributed by atoms with Crippen LogP contribution in [0.15, 0.2) is 48.8 Å². The first-order chi connectivity index (χ1) is 12.0. The molecule has 1 amide bonds. The lowest BCUT2D eigenvalue weighted by atomic mass is 10.1. The van der Waals surface area contributed by atoms with Gasteiger partial charge in [0, 0.05) is 23.6 Å². The maximum absolute atomic E-state index is 13.9. The van der Waals surface area contributed by atoms with E-state index in [4.69, 9.17) is 23.2 Å². The van der Waals surface area contributed by atoms with E-state index in [-0.39, 0.29) is 27.0 Å². The molecule has 3 aromatic rings. The molecule has 0 radical (unpaired) electrons. The first-order valence-corrected chi connectivity index (χ1v) is 7.81. The number of halogens is 3. The van der Waals surface area contributed by atoms with E-state index in [2.05, 4.69) is 15.3 Å². The molecule has 2 aromatic heterocycles. The van der Waals surface area contributed by atoms with Gasteiger partial charge in [-0.25, -0.2) is 9.37 Å². The fourth-order valence-corrected chi connectivity index (χ4v) is 2.62. The summed E-state index contributed by atoms with van der Waals surface area (Å²) in [4.78, 5) is 31.1. The van der Waals surface area contributed by atoms with Crippen molar-refractivity contribution < 1.29 is 14.0 Å². The predicted octanol–water partition coefficient (Wildman–Crippen LogP) is 4.34. The van der Waals surface area contributed by atoms with Crippen LogP contribution in [0, 0.1) is 5.82 Å². The normalized spacial score (nSPS) is 10.5. The molecule has 1 aromatic carbocycles. The number of anilines is 1. The highest BCUT2D eigenvalue weighted by Crippen LogP contribution is 2.23. The highest BCUT2D eigenvalue weighted by molar-refractivity contribution is 6.35. The van der Waals surface area contributed by atoms with Gasteiger partial charge in [-0.3, -0.25) is 9.59 Å². The van der Waals surface area contributed by atoms with Gasteiger partial charge in [-0.05, 0) is 30.3 Å². The van der Waals surface area contributed by atoms with Crippen LogP contribution in [0.5, 0.6) is 0 Å². The molecule has 8 heteroatoms. The van der Waals surface area contributed by atoms with E-state index in [1.165, 1.54) is 36.7 Å². The molecular formula is C17H10Cl2FN3O2. The van der Waals surface area contributed by atoms with E-state index in [0.717, 1.165) is 6.07 Å². The van der Waals surface area contributed by atoms with Crippen LogP contribution in [0.2, 0.25) is 10.2 Å². The molecule has 0 unspecified atom stereocenters. The highest BCUT2D eigenvalue weighted by atomic mass is 35.5. The zero-order valence-electron chi connectivity index (χ0n) is 12.5. The molecular weight excluding hydrogens is 368 g/mol. The van der Waals surface area contributed by atoms with Crippen molar-refractivity contribution in [3.8, 4) is 0 Å². The molecule has 2 heterocycles. The van der Waals surface area contributed by atoms with Gasteiger partial charge >= 0.3 is 0 Å². The Kier molecular flexibility index (Phi) is 4.83. The fourth-order valence-electron chi connectivity index (χ4n) is 2.19. The summed E-state index contributed by atoms with van der Waals surface area (Å²) < 4.78 is 13.9. The van der Waals surface area contributed by atoms with Gasteiger partial charge in [0.05, 0.1) is 10.6 Å². The highest BCUT2D eigenvalue weighted by Gasteiger charge is 2.20. The van der Waals surface area contributed by atoms with E-state index in [0.29, 0.717) is 5.69 Å². The van der Waals surface area contributed by atoms with Crippen LogP contribution in [0.4, 0.5) is 10.1 Å². The van der Waals surface area contributed by atoms with Crippen molar-refractivity contribution in [1.82, 2.24) is 9.97 Å². The second-order valence-corrected chi connectivity index (χ2v) is 5.84. The van der Waals surface area contributed by atoms with Crippen molar-refractivity contribution in [1.29, 1.82) is 0 Å². The summed E-state index contributed by atoms with van der Waals surface area (Å²) in [7, 11) is 0. The van der Waals surface area contributed by atoms with Crippen LogP contribution in [0.1, 0.15) is 26.4 Å². The number of benzene rings is 1. The zero-order chi connectivity index (χ0) is 18.0. The number of aromatic nitrogens is 2. The molecule has 0 saturated carbocycles. The number of carbonyl (C=O) groups is 2. The summed E-state index contributed by atoms with van der Waals surface area (Å²) in [5, 5.41) is 2.84. The minimum Gasteiger partial charge on any atom is -0.356 e. The van der Waals surface area contributed by atoms with Crippen LogP contribution in [-0.4, -0.2) is 21.7 Å². The van der Waals surface area contributed by atoms with Gasteiger partial charge in [-0.15, -0.1) is 0 Å². The minimum absolute atomic E-state index is 0.00336. The van der Waals surface area contributed by atoms with Gasteiger partial charge in [-0.2, -0.15) is 0 Å². The third kappa shape index (κ3) is 3.70. The molecule has 5 nitrogen and oxygen atoms in total. The summed E-state index contributed by atoms with van der Waals surface area (Å²) >= 11 is 11.7. The molecule has 3 rings (SSSR count). The Labute approximate surface area is 151 Å². The number of rotatable bonds is 4. The summed E-state index contributed by atoms with van der Waals surface area (Å²) in [6, 6.07) is 8.34. The van der Waals surface area contributed by atoms with Crippen LogP contribution in [0.3, 0.4) is 0 Å². The molecule has 0 aliphatic rings. The van der Waals surface area contributed by atoms with Gasteiger partial charge in [0.25, 0.3) is 5.91 Å². The summed E-state index contributed by atoms with van der Waals surface area (Å²) in [5.41, 5.74) is 0.453. The molecule has 126 valence electrons. The average Bonchev–Trinajstić information content (AvgIpc) is 3.04. The van der Waals surface area contributed by atoms with E-state index in [9.17, 15) is 14.0 Å². The first-order valence-electron chi connectivity index (χ1n) is 7.06. The molecule has 0 saturated heterocycles. The molecule has 0 atom stereocenters. The first kappa shape index (κ1) is 17.1. The summed E-state index contributed by atoms with van der Waals surface area (Å²) in [6.07, 6.45) is 2.77. The number of amides is 1. The van der Waals surface area contributed by atoms with Crippen molar-refractivity contribution in [3.63, 3.8) is 0 Å². The second-order valence-electron chi connectivity index (χ2n) is 5.05. The number of H-pyrrole nitrogens is 1. The monoisotopic (exact) mass is 377 g/mol. The number of pyridine rings is 1. The molecule has 0 spiro atoms. The van der Waals surface area contributed by atoms with Crippen molar-refractivity contribution in [2.45, 2.75) is 0 Å². The lowest BCUT2D eigenvalue weighted by Crippen LogP contribution is -2.12. The van der Waals surface area contributed by atoms with E-state index >= 15 is 0 Å². The second kappa shape index (κ2) is 7.04. The largest absolute Gasteiger partial charge is 0.356 e. The molecule has 0 aliphatic carbocycles. The van der Waals surface area contributed by atoms with Crippen molar-refractivity contribution in [3.05, 3.63) is 81.6 Å². The Bertz CT molecular complexity index is 952. The van der Waals surface area contributed by atoms with Crippen LogP contribution in [0.25, 0.3) is 0 Å². The number of aromatic amines is 1. The number of hydrogen-bond acceptors (Lipinski definition) is 3. The third-order valence-electron chi connectivity index (χ3n) is 3.36. The molecule has 25 heavy (non-hydrogen) atoms. The third-order valence-corrected chi connectivity index (χ3v) is 3.89. The number of hydrogen-bond donors (Lipinski definition) is 2. The molecule has 0 aliphatic heterocycles. The van der Waals surface area contributed by atoms with E-state index in [1.807, 2.05) is 0 Å². The average molecular weight is 378 g/mol. The Morgan fingerprint density at radius 1 is 1.16 bits per heavy atom. The van der Waals surface area contributed by atoms with Crippen LogP contribution < -0.4 is 5.32 Å². The van der Waals surface area contributed by atoms with E-state index < -0.39 is 17.5 Å². The van der Waals surface area contributed by atoms with Crippen molar-refractivity contribution in [2.75, 3.05) is 5.32 Å². The topological polar surface area (TPSA) is 74.8 Å². The number of nitrogens with zero attached hydrogens (tertiary/aromatic N) is 1. The lowest BCUT2D eigenvalue weighted by molar-refractivity contribution is 0.102. The van der Waals surface area contributed by atoms with Gasteiger partial charge in [0.2, 0.25) is 0 Å². The van der Waals surface area contributed by atoms with Crippen molar-refractivity contribution >= 4 is 40.6 Å². The molecule has 0 fully saturated rings. The van der Waals surface area contributed by atoms with Gasteiger partial charge < -0.3 is 10.3 Å². The Hall–Kier alpha value is -2.70. The Morgan fingerprint density at radius 3 is 2.68 bits per heavy atom. The van der Waals surface area contributed by atoms with Gasteiger partial charge in [0.1, 0.15) is 16.7 Å². The lowest BCUT2D eigenvalue weighted by Gasteiger charge is -2.03. The maximum Gasteiger partial charge on any atom is 0.272 e. The Balaban J connectivity index is 1.82. The van der Waals surface area contributed by atoms with E-state index in [1.54, 1.807) is 6.07 Å². The fraction of sp³-hybridized carbons (Fsp3) is 0.